The molecule has 9 nitrogen and oxygen atoms in total. The second-order valence-electron chi connectivity index (χ2n) is 4.53. The number of hydrogen-bond acceptors (Lipinski definition) is 8. The van der Waals surface area contributed by atoms with Crippen LogP contribution in [-0.4, -0.2) is 66.8 Å². The predicted molar refractivity (Wildman–Crippen MR) is 67.9 cm³/mol. The van der Waals surface area contributed by atoms with Gasteiger partial charge in [0.15, 0.2) is 17.7 Å². The highest BCUT2D eigenvalue weighted by molar-refractivity contribution is 5.82. The van der Waals surface area contributed by atoms with Crippen molar-refractivity contribution in [1.29, 1.82) is 0 Å². The third kappa shape index (κ3) is 1.83. The lowest BCUT2D eigenvalue weighted by Crippen LogP contribution is -2.33. The molecule has 4 N–H and O–H groups in total. The van der Waals surface area contributed by atoms with Gasteiger partial charge in [0.05, 0.1) is 6.61 Å². The van der Waals surface area contributed by atoms with Crippen molar-refractivity contribution in [2.24, 2.45) is 0 Å². The van der Waals surface area contributed by atoms with Crippen LogP contribution < -0.4 is 5.32 Å². The highest BCUT2D eigenvalue weighted by atomic mass is 16.6. The van der Waals surface area contributed by atoms with Crippen LogP contribution in [0.4, 0.5) is 5.82 Å². The molecule has 1 saturated heterocycles. The summed E-state index contributed by atoms with van der Waals surface area (Å²) >= 11 is 0. The maximum atomic E-state index is 10.1. The van der Waals surface area contributed by atoms with Crippen molar-refractivity contribution >= 4 is 17.0 Å². The van der Waals surface area contributed by atoms with Crippen LogP contribution in [0.15, 0.2) is 12.7 Å². The zero-order valence-corrected chi connectivity index (χ0v) is 10.7. The van der Waals surface area contributed by atoms with E-state index in [-0.39, 0.29) is 6.61 Å². The SMILES string of the molecule is CNc1ncnc2ncn([C@H]3O[C@@H](CO)[C@@H](O)[C@H]3O)c12. The molecule has 4 atom stereocenters. The van der Waals surface area contributed by atoms with E-state index in [4.69, 9.17) is 9.84 Å². The Balaban J connectivity index is 2.07. The van der Waals surface area contributed by atoms with Gasteiger partial charge in [-0.05, 0) is 0 Å². The number of aromatic nitrogens is 4. The summed E-state index contributed by atoms with van der Waals surface area (Å²) in [5, 5.41) is 31.9. The van der Waals surface area contributed by atoms with E-state index in [1.165, 1.54) is 12.7 Å². The van der Waals surface area contributed by atoms with Gasteiger partial charge in [0, 0.05) is 7.05 Å². The van der Waals surface area contributed by atoms with Gasteiger partial charge in [-0.15, -0.1) is 0 Å². The predicted octanol–water partition coefficient (Wildman–Crippen LogP) is -1.52. The van der Waals surface area contributed by atoms with Crippen LogP contribution in [0.5, 0.6) is 0 Å². The standard InChI is InChI=1S/C11H15N5O4/c1-12-9-6-10(14-3-13-9)15-4-16(6)11-8(19)7(18)5(2-17)20-11/h3-5,7-8,11,17-19H,2H2,1H3,(H,12,13,14)/t5-,7+,8+,11-/m0/s1. The van der Waals surface area contributed by atoms with Crippen LogP contribution in [-0.2, 0) is 4.74 Å². The molecule has 1 fully saturated rings. The van der Waals surface area contributed by atoms with Gasteiger partial charge < -0.3 is 25.4 Å². The summed E-state index contributed by atoms with van der Waals surface area (Å²) < 4.78 is 7.02. The minimum atomic E-state index is -1.17. The van der Waals surface area contributed by atoms with Gasteiger partial charge in [-0.1, -0.05) is 0 Å². The normalized spacial score (nSPS) is 30.0. The van der Waals surface area contributed by atoms with Crippen molar-refractivity contribution < 1.29 is 20.1 Å². The number of nitrogens with one attached hydrogen (secondary N) is 1. The topological polar surface area (TPSA) is 126 Å². The number of nitrogens with zero attached hydrogens (tertiary/aromatic N) is 4. The fourth-order valence-electron chi connectivity index (χ4n) is 2.36. The number of aliphatic hydroxyl groups is 3. The molecular weight excluding hydrogens is 266 g/mol. The highest BCUT2D eigenvalue weighted by Crippen LogP contribution is 2.32. The van der Waals surface area contributed by atoms with Crippen LogP contribution in [0.2, 0.25) is 0 Å². The number of fused-ring (bicyclic) bond motifs is 1. The van der Waals surface area contributed by atoms with E-state index in [1.807, 2.05) is 0 Å². The van der Waals surface area contributed by atoms with Crippen molar-refractivity contribution in [2.45, 2.75) is 24.5 Å². The first-order chi connectivity index (χ1) is 9.67. The summed E-state index contributed by atoms with van der Waals surface area (Å²) in [7, 11) is 1.70. The minimum absolute atomic E-state index is 0.378. The highest BCUT2D eigenvalue weighted by Gasteiger charge is 2.44. The molecule has 0 unspecified atom stereocenters. The van der Waals surface area contributed by atoms with Gasteiger partial charge in [0.25, 0.3) is 0 Å². The molecule has 20 heavy (non-hydrogen) atoms. The lowest BCUT2D eigenvalue weighted by atomic mass is 10.1. The van der Waals surface area contributed by atoms with Crippen LogP contribution >= 0.6 is 0 Å². The molecule has 0 amide bonds. The first-order valence-electron chi connectivity index (χ1n) is 6.15. The number of rotatable bonds is 3. The Morgan fingerprint density at radius 2 is 2.10 bits per heavy atom. The van der Waals surface area contributed by atoms with Crippen LogP contribution in [0.1, 0.15) is 6.23 Å². The van der Waals surface area contributed by atoms with Crippen LogP contribution in [0.3, 0.4) is 0 Å². The zero-order chi connectivity index (χ0) is 14.3. The summed E-state index contributed by atoms with van der Waals surface area (Å²) in [5.74, 6) is 0.533. The molecule has 0 aromatic carbocycles. The summed E-state index contributed by atoms with van der Waals surface area (Å²) in [6, 6.07) is 0. The van der Waals surface area contributed by atoms with Crippen LogP contribution in [0.25, 0.3) is 11.2 Å². The summed E-state index contributed by atoms with van der Waals surface area (Å²) in [5.41, 5.74) is 1.01. The van der Waals surface area contributed by atoms with E-state index in [0.717, 1.165) is 0 Å². The monoisotopic (exact) mass is 281 g/mol. The molecule has 0 radical (unpaired) electrons. The average Bonchev–Trinajstić information content (AvgIpc) is 3.01. The molecule has 1 aliphatic heterocycles. The first-order valence-corrected chi connectivity index (χ1v) is 6.15. The van der Waals surface area contributed by atoms with E-state index in [9.17, 15) is 10.2 Å². The Morgan fingerprint density at radius 3 is 2.75 bits per heavy atom. The lowest BCUT2D eigenvalue weighted by molar-refractivity contribution is -0.0508. The largest absolute Gasteiger partial charge is 0.394 e. The zero-order valence-electron chi connectivity index (χ0n) is 10.7. The third-order valence-corrected chi connectivity index (χ3v) is 3.39. The van der Waals surface area contributed by atoms with Crippen molar-refractivity contribution in [3.63, 3.8) is 0 Å². The Bertz CT molecular complexity index is 618. The van der Waals surface area contributed by atoms with Crippen molar-refractivity contribution in [3.05, 3.63) is 12.7 Å². The van der Waals surface area contributed by atoms with E-state index >= 15 is 0 Å². The van der Waals surface area contributed by atoms with Crippen molar-refractivity contribution in [2.75, 3.05) is 19.0 Å². The molecule has 3 heterocycles. The van der Waals surface area contributed by atoms with E-state index in [0.29, 0.717) is 17.0 Å². The molecule has 9 heteroatoms. The van der Waals surface area contributed by atoms with Crippen molar-refractivity contribution in [3.8, 4) is 0 Å². The average molecular weight is 281 g/mol. The quantitative estimate of drug-likeness (QED) is 0.534. The van der Waals surface area contributed by atoms with Crippen LogP contribution in [0, 0.1) is 0 Å². The van der Waals surface area contributed by atoms with Gasteiger partial charge in [0.2, 0.25) is 0 Å². The second kappa shape index (κ2) is 4.94. The number of ether oxygens (including phenoxy) is 1. The second-order valence-corrected chi connectivity index (χ2v) is 4.53. The molecule has 0 spiro atoms. The molecule has 0 bridgehead atoms. The Hall–Kier alpha value is -1.81. The molecule has 2 aromatic heterocycles. The Labute approximate surface area is 113 Å². The molecule has 1 aliphatic rings. The van der Waals surface area contributed by atoms with Gasteiger partial charge in [-0.3, -0.25) is 4.57 Å². The molecule has 2 aromatic rings. The molecule has 0 saturated carbocycles. The molecular formula is C11H15N5O4. The summed E-state index contributed by atoms with van der Waals surface area (Å²) in [4.78, 5) is 12.2. The van der Waals surface area contributed by atoms with Gasteiger partial charge >= 0.3 is 0 Å². The van der Waals surface area contributed by atoms with Gasteiger partial charge in [-0.25, -0.2) is 15.0 Å². The fourth-order valence-corrected chi connectivity index (χ4v) is 2.36. The summed E-state index contributed by atoms with van der Waals surface area (Å²) in [6.45, 7) is -0.378. The molecule has 3 rings (SSSR count). The number of anilines is 1. The summed E-state index contributed by atoms with van der Waals surface area (Å²) in [6.07, 6.45) is -1.19. The Morgan fingerprint density at radius 1 is 1.30 bits per heavy atom. The van der Waals surface area contributed by atoms with Gasteiger partial charge in [0.1, 0.15) is 36.5 Å². The third-order valence-electron chi connectivity index (χ3n) is 3.39. The smallest absolute Gasteiger partial charge is 0.183 e. The first kappa shape index (κ1) is 13.2. The number of hydrogen-bond donors (Lipinski definition) is 4. The number of imidazole rings is 1. The van der Waals surface area contributed by atoms with Crippen molar-refractivity contribution in [1.82, 2.24) is 19.5 Å². The molecule has 108 valence electrons. The number of aliphatic hydroxyl groups excluding tert-OH is 3. The fraction of sp³-hybridized carbons (Fsp3) is 0.545. The van der Waals surface area contributed by atoms with E-state index < -0.39 is 24.5 Å². The minimum Gasteiger partial charge on any atom is -0.394 e. The van der Waals surface area contributed by atoms with E-state index in [2.05, 4.69) is 20.3 Å². The maximum absolute atomic E-state index is 10.1. The van der Waals surface area contributed by atoms with E-state index in [1.54, 1.807) is 11.6 Å². The Kier molecular flexibility index (Phi) is 3.26. The maximum Gasteiger partial charge on any atom is 0.183 e. The van der Waals surface area contributed by atoms with Gasteiger partial charge in [-0.2, -0.15) is 0 Å². The lowest BCUT2D eigenvalue weighted by Gasteiger charge is -2.17. The molecule has 0 aliphatic carbocycles.